The molecule has 0 amide bonds. The third-order valence-electron chi connectivity index (χ3n) is 6.76. The Bertz CT molecular complexity index is 1300. The standard InChI is InChI=1S/C29H31FN2O5/c1-18-7-3-4-8-22(18)23-13-12-20(15-21(23)17-36-2)29-31-28(32-37-29)19-11-14-24(25(30)16-19)26(33)9-5-6-10-27(34)35/h3,7,11-14,16,21H,4-6,8-10,15,17H2,1-2H3,(H,34,35). The molecular weight excluding hydrogens is 475 g/mol. The van der Waals surface area contributed by atoms with Crippen molar-refractivity contribution in [1.82, 2.24) is 10.1 Å². The molecule has 0 aliphatic heterocycles. The second kappa shape index (κ2) is 12.1. The average molecular weight is 507 g/mol. The number of ether oxygens (including phenoxy) is 1. The number of unbranched alkanes of at least 4 members (excludes halogenated alkanes) is 1. The number of carboxylic acid groups (broad SMARTS) is 1. The zero-order valence-corrected chi connectivity index (χ0v) is 21.1. The van der Waals surface area contributed by atoms with Crippen LogP contribution in [-0.2, 0) is 9.53 Å². The summed E-state index contributed by atoms with van der Waals surface area (Å²) in [4.78, 5) is 27.4. The molecule has 0 radical (unpaired) electrons. The first kappa shape index (κ1) is 26.4. The molecule has 1 unspecified atom stereocenters. The van der Waals surface area contributed by atoms with Crippen molar-refractivity contribution in [2.24, 2.45) is 5.92 Å². The van der Waals surface area contributed by atoms with Crippen molar-refractivity contribution in [2.75, 3.05) is 13.7 Å². The Labute approximate surface area is 215 Å². The Morgan fingerprint density at radius 2 is 2.03 bits per heavy atom. The van der Waals surface area contributed by atoms with Gasteiger partial charge in [-0.25, -0.2) is 4.39 Å². The van der Waals surface area contributed by atoms with Crippen LogP contribution in [0.3, 0.4) is 0 Å². The van der Waals surface area contributed by atoms with E-state index in [-0.39, 0.29) is 35.9 Å². The number of methoxy groups -OCH3 is 1. The SMILES string of the molecule is COCC1CC(c2nc(-c3ccc(C(=O)CCCCC(=O)O)c(F)c3)no2)=CC=C1C1=C(C)C=CCC1. The van der Waals surface area contributed by atoms with E-state index in [1.807, 2.05) is 6.08 Å². The summed E-state index contributed by atoms with van der Waals surface area (Å²) in [7, 11) is 1.70. The van der Waals surface area contributed by atoms with Crippen molar-refractivity contribution < 1.29 is 28.3 Å². The van der Waals surface area contributed by atoms with Crippen LogP contribution in [0.4, 0.5) is 4.39 Å². The maximum atomic E-state index is 14.7. The van der Waals surface area contributed by atoms with Crippen LogP contribution in [0.25, 0.3) is 17.0 Å². The molecule has 4 rings (SSSR count). The Morgan fingerprint density at radius 3 is 2.76 bits per heavy atom. The van der Waals surface area contributed by atoms with Gasteiger partial charge in [-0.1, -0.05) is 35.5 Å². The zero-order chi connectivity index (χ0) is 26.4. The minimum absolute atomic E-state index is 0.0105. The third kappa shape index (κ3) is 6.38. The molecule has 2 aliphatic carbocycles. The summed E-state index contributed by atoms with van der Waals surface area (Å²) in [5.74, 6) is -1.16. The van der Waals surface area contributed by atoms with Crippen molar-refractivity contribution >= 4 is 17.3 Å². The number of aromatic nitrogens is 2. The minimum atomic E-state index is -0.911. The van der Waals surface area contributed by atoms with Gasteiger partial charge in [-0.3, -0.25) is 9.59 Å². The van der Waals surface area contributed by atoms with Gasteiger partial charge in [0.15, 0.2) is 5.78 Å². The number of allylic oxidation sites excluding steroid dienone is 7. The number of hydrogen-bond donors (Lipinski definition) is 1. The van der Waals surface area contributed by atoms with Crippen molar-refractivity contribution in [3.63, 3.8) is 0 Å². The number of nitrogens with zero attached hydrogens (tertiary/aromatic N) is 2. The summed E-state index contributed by atoms with van der Waals surface area (Å²) in [6.07, 6.45) is 12.1. The van der Waals surface area contributed by atoms with Gasteiger partial charge in [0.1, 0.15) is 5.82 Å². The third-order valence-corrected chi connectivity index (χ3v) is 6.76. The van der Waals surface area contributed by atoms with Gasteiger partial charge in [0, 0.05) is 37.0 Å². The smallest absolute Gasteiger partial charge is 0.303 e. The van der Waals surface area contributed by atoms with Gasteiger partial charge in [-0.2, -0.15) is 4.98 Å². The van der Waals surface area contributed by atoms with Gasteiger partial charge < -0.3 is 14.4 Å². The van der Waals surface area contributed by atoms with E-state index in [4.69, 9.17) is 14.4 Å². The molecule has 0 fully saturated rings. The van der Waals surface area contributed by atoms with Crippen molar-refractivity contribution in [3.05, 3.63) is 76.5 Å². The van der Waals surface area contributed by atoms with Crippen LogP contribution in [0.2, 0.25) is 0 Å². The summed E-state index contributed by atoms with van der Waals surface area (Å²) in [6.45, 7) is 2.71. The van der Waals surface area contributed by atoms with Gasteiger partial charge in [0.05, 0.1) is 12.2 Å². The van der Waals surface area contributed by atoms with Crippen LogP contribution in [0, 0.1) is 11.7 Å². The fourth-order valence-corrected chi connectivity index (χ4v) is 4.83. The monoisotopic (exact) mass is 506 g/mol. The van der Waals surface area contributed by atoms with Crippen LogP contribution in [0.1, 0.15) is 68.1 Å². The van der Waals surface area contributed by atoms with E-state index < -0.39 is 11.8 Å². The predicted octanol–water partition coefficient (Wildman–Crippen LogP) is 6.35. The van der Waals surface area contributed by atoms with Crippen molar-refractivity contribution in [1.29, 1.82) is 0 Å². The molecule has 0 bridgehead atoms. The number of benzene rings is 1. The predicted molar refractivity (Wildman–Crippen MR) is 137 cm³/mol. The van der Waals surface area contributed by atoms with Crippen LogP contribution < -0.4 is 0 Å². The fraction of sp³-hybridized carbons (Fsp3) is 0.379. The summed E-state index contributed by atoms with van der Waals surface area (Å²) in [5.41, 5.74) is 5.18. The minimum Gasteiger partial charge on any atom is -0.481 e. The molecule has 1 N–H and O–H groups in total. The lowest BCUT2D eigenvalue weighted by atomic mass is 9.79. The highest BCUT2D eigenvalue weighted by Gasteiger charge is 2.26. The zero-order valence-electron chi connectivity index (χ0n) is 21.1. The summed E-state index contributed by atoms with van der Waals surface area (Å²) >= 11 is 0. The maximum Gasteiger partial charge on any atom is 0.303 e. The first-order chi connectivity index (χ1) is 17.9. The number of aliphatic carboxylic acids is 1. The van der Waals surface area contributed by atoms with E-state index in [2.05, 4.69) is 35.3 Å². The van der Waals surface area contributed by atoms with Crippen molar-refractivity contribution in [2.45, 2.75) is 51.9 Å². The highest BCUT2D eigenvalue weighted by atomic mass is 19.1. The van der Waals surface area contributed by atoms with Crippen molar-refractivity contribution in [3.8, 4) is 11.4 Å². The number of rotatable bonds is 11. The van der Waals surface area contributed by atoms with Crippen LogP contribution >= 0.6 is 0 Å². The highest BCUT2D eigenvalue weighted by molar-refractivity contribution is 5.96. The summed E-state index contributed by atoms with van der Waals surface area (Å²) < 4.78 is 25.8. The van der Waals surface area contributed by atoms with E-state index in [9.17, 15) is 14.0 Å². The fourth-order valence-electron chi connectivity index (χ4n) is 4.83. The van der Waals surface area contributed by atoms with Gasteiger partial charge in [0.2, 0.25) is 5.82 Å². The Morgan fingerprint density at radius 1 is 1.22 bits per heavy atom. The molecule has 37 heavy (non-hydrogen) atoms. The van der Waals surface area contributed by atoms with E-state index >= 15 is 0 Å². The highest BCUT2D eigenvalue weighted by Crippen LogP contribution is 2.38. The molecule has 1 atom stereocenters. The second-order valence-corrected chi connectivity index (χ2v) is 9.41. The number of ketones is 1. The van der Waals surface area contributed by atoms with Gasteiger partial charge in [-0.15, -0.1) is 0 Å². The van der Waals surface area contributed by atoms with Crippen LogP contribution in [-0.4, -0.2) is 40.7 Å². The molecule has 0 saturated carbocycles. The first-order valence-electron chi connectivity index (χ1n) is 12.5. The van der Waals surface area contributed by atoms with Crippen LogP contribution in [0.15, 0.2) is 63.7 Å². The summed E-state index contributed by atoms with van der Waals surface area (Å²) in [5, 5.41) is 12.7. The second-order valence-electron chi connectivity index (χ2n) is 9.41. The van der Waals surface area contributed by atoms with E-state index in [1.165, 1.54) is 28.9 Å². The lowest BCUT2D eigenvalue weighted by molar-refractivity contribution is -0.137. The molecule has 2 aromatic rings. The van der Waals surface area contributed by atoms with Gasteiger partial charge in [-0.05, 0) is 67.9 Å². The maximum absolute atomic E-state index is 14.7. The normalized spacial score (nSPS) is 17.5. The summed E-state index contributed by atoms with van der Waals surface area (Å²) in [6, 6.07) is 4.24. The number of Topliss-reactive ketones (excluding diaryl/α,β-unsaturated/α-hetero) is 1. The Hall–Kier alpha value is -3.65. The molecule has 0 saturated heterocycles. The van der Waals surface area contributed by atoms with E-state index in [1.54, 1.807) is 13.2 Å². The molecule has 1 aromatic heterocycles. The lowest BCUT2D eigenvalue weighted by Crippen LogP contribution is -2.17. The molecule has 8 heteroatoms. The van der Waals surface area contributed by atoms with E-state index in [0.29, 0.717) is 37.3 Å². The van der Waals surface area contributed by atoms with E-state index in [0.717, 1.165) is 18.4 Å². The molecule has 2 aliphatic rings. The number of halogens is 1. The number of carbonyl (C=O) groups excluding carboxylic acids is 1. The first-order valence-corrected chi connectivity index (χ1v) is 12.5. The Kier molecular flexibility index (Phi) is 8.61. The number of carbonyl (C=O) groups is 2. The van der Waals surface area contributed by atoms with Gasteiger partial charge >= 0.3 is 5.97 Å². The quantitative estimate of drug-likeness (QED) is 0.280. The molecule has 1 aromatic carbocycles. The number of carboxylic acids is 1. The molecular formula is C29H31FN2O5. The molecule has 1 heterocycles. The lowest BCUT2D eigenvalue weighted by Gasteiger charge is -2.27. The average Bonchev–Trinajstić information content (AvgIpc) is 3.37. The molecule has 7 nitrogen and oxygen atoms in total. The topological polar surface area (TPSA) is 103 Å². The molecule has 0 spiro atoms. The van der Waals surface area contributed by atoms with Crippen LogP contribution in [0.5, 0.6) is 0 Å². The largest absolute Gasteiger partial charge is 0.481 e. The number of hydrogen-bond acceptors (Lipinski definition) is 6. The molecule has 194 valence electrons. The van der Waals surface area contributed by atoms with Gasteiger partial charge in [0.25, 0.3) is 5.89 Å². The Balaban J connectivity index is 1.50.